The van der Waals surface area contributed by atoms with Gasteiger partial charge in [0.15, 0.2) is 5.13 Å². The molecule has 4 rings (SSSR count). The quantitative estimate of drug-likeness (QED) is 0.712. The van der Waals surface area contributed by atoms with Crippen LogP contribution in [0.15, 0.2) is 54.6 Å². The van der Waals surface area contributed by atoms with Gasteiger partial charge in [0.05, 0.1) is 10.2 Å². The second-order valence-corrected chi connectivity index (χ2v) is 7.14. The van der Waals surface area contributed by atoms with E-state index < -0.39 is 0 Å². The van der Waals surface area contributed by atoms with Crippen molar-refractivity contribution in [1.82, 2.24) is 4.98 Å². The summed E-state index contributed by atoms with van der Waals surface area (Å²) in [4.78, 5) is 9.67. The highest BCUT2D eigenvalue weighted by atomic mass is 32.1. The highest BCUT2D eigenvalue weighted by molar-refractivity contribution is 7.22. The van der Waals surface area contributed by atoms with Crippen molar-refractivity contribution < 1.29 is 0 Å². The van der Waals surface area contributed by atoms with Crippen molar-refractivity contribution in [3.05, 3.63) is 54.6 Å². The van der Waals surface area contributed by atoms with Crippen molar-refractivity contribution in [2.45, 2.75) is 18.9 Å². The molecule has 0 saturated carbocycles. The summed E-state index contributed by atoms with van der Waals surface area (Å²) < 4.78 is 1.28. The van der Waals surface area contributed by atoms with Gasteiger partial charge in [0.1, 0.15) is 0 Å². The smallest absolute Gasteiger partial charge is 0.186 e. The first-order valence-electron chi connectivity index (χ1n) is 8.20. The number of rotatable bonds is 3. The topological polar surface area (TPSA) is 19.4 Å². The molecule has 1 aliphatic rings. The van der Waals surface area contributed by atoms with E-state index in [9.17, 15) is 0 Å². The summed E-state index contributed by atoms with van der Waals surface area (Å²) in [5.74, 6) is 0. The van der Waals surface area contributed by atoms with E-state index in [-0.39, 0.29) is 0 Å². The first-order valence-corrected chi connectivity index (χ1v) is 9.01. The van der Waals surface area contributed by atoms with E-state index in [4.69, 9.17) is 4.98 Å². The van der Waals surface area contributed by atoms with Gasteiger partial charge in [-0.25, -0.2) is 4.98 Å². The molecule has 3 aromatic rings. The number of piperidine rings is 1. The van der Waals surface area contributed by atoms with E-state index in [1.165, 1.54) is 28.4 Å². The van der Waals surface area contributed by atoms with Crippen LogP contribution in [-0.2, 0) is 0 Å². The van der Waals surface area contributed by atoms with Crippen molar-refractivity contribution >= 4 is 32.4 Å². The van der Waals surface area contributed by atoms with Gasteiger partial charge in [0, 0.05) is 31.9 Å². The summed E-state index contributed by atoms with van der Waals surface area (Å²) in [5, 5.41) is 1.17. The fourth-order valence-corrected chi connectivity index (χ4v) is 4.33. The van der Waals surface area contributed by atoms with Crippen LogP contribution in [0.3, 0.4) is 0 Å². The number of fused-ring (bicyclic) bond motifs is 1. The lowest BCUT2D eigenvalue weighted by Gasteiger charge is -2.37. The Morgan fingerprint density at radius 2 is 1.70 bits per heavy atom. The van der Waals surface area contributed by atoms with Gasteiger partial charge in [0.25, 0.3) is 0 Å². The maximum Gasteiger partial charge on any atom is 0.186 e. The molecule has 0 unspecified atom stereocenters. The molecule has 0 bridgehead atoms. The van der Waals surface area contributed by atoms with E-state index in [1.54, 1.807) is 0 Å². The fraction of sp³-hybridized carbons (Fsp3) is 0.316. The molecule has 118 valence electrons. The van der Waals surface area contributed by atoms with E-state index in [0.717, 1.165) is 18.6 Å². The summed E-state index contributed by atoms with van der Waals surface area (Å²) in [5.41, 5.74) is 2.43. The van der Waals surface area contributed by atoms with E-state index >= 15 is 0 Å². The van der Waals surface area contributed by atoms with Crippen molar-refractivity contribution in [3.63, 3.8) is 0 Å². The van der Waals surface area contributed by atoms with Crippen molar-refractivity contribution in [2.75, 3.05) is 29.9 Å². The van der Waals surface area contributed by atoms with Crippen LogP contribution in [0.1, 0.15) is 12.8 Å². The van der Waals surface area contributed by atoms with Gasteiger partial charge < -0.3 is 9.80 Å². The van der Waals surface area contributed by atoms with E-state index in [1.807, 2.05) is 11.3 Å². The van der Waals surface area contributed by atoms with Crippen LogP contribution in [0.2, 0.25) is 0 Å². The zero-order chi connectivity index (χ0) is 15.6. The minimum Gasteiger partial charge on any atom is -0.371 e. The highest BCUT2D eigenvalue weighted by Crippen LogP contribution is 2.31. The van der Waals surface area contributed by atoms with Crippen molar-refractivity contribution in [2.24, 2.45) is 0 Å². The number of aromatic nitrogens is 1. The highest BCUT2D eigenvalue weighted by Gasteiger charge is 2.24. The standard InChI is InChI=1S/C19H21N3S/c1-21(15-7-3-2-4-8-15)16-11-13-22(14-12-16)19-20-17-9-5-6-10-18(17)23-19/h2-10,16H,11-14H2,1H3. The molecule has 23 heavy (non-hydrogen) atoms. The van der Waals surface area contributed by atoms with Crippen LogP contribution >= 0.6 is 11.3 Å². The van der Waals surface area contributed by atoms with Crippen LogP contribution in [-0.4, -0.2) is 31.2 Å². The molecular weight excluding hydrogens is 302 g/mol. The molecule has 1 aromatic heterocycles. The molecule has 2 heterocycles. The van der Waals surface area contributed by atoms with Crippen LogP contribution in [0.25, 0.3) is 10.2 Å². The van der Waals surface area contributed by atoms with Crippen LogP contribution in [0.5, 0.6) is 0 Å². The maximum absolute atomic E-state index is 4.80. The average Bonchev–Trinajstić information content (AvgIpc) is 3.06. The second-order valence-electron chi connectivity index (χ2n) is 6.13. The van der Waals surface area contributed by atoms with Gasteiger partial charge in [-0.05, 0) is 37.1 Å². The van der Waals surface area contributed by atoms with Gasteiger partial charge in [-0.3, -0.25) is 0 Å². The third kappa shape index (κ3) is 2.91. The Hall–Kier alpha value is -2.07. The molecule has 4 heteroatoms. The lowest BCUT2D eigenvalue weighted by molar-refractivity contribution is 0.482. The summed E-state index contributed by atoms with van der Waals surface area (Å²) in [6.45, 7) is 2.17. The number of benzene rings is 2. The number of thiazole rings is 1. The molecule has 0 atom stereocenters. The van der Waals surface area contributed by atoms with Crippen molar-refractivity contribution in [3.8, 4) is 0 Å². The normalized spacial score (nSPS) is 16.0. The zero-order valence-electron chi connectivity index (χ0n) is 13.4. The molecule has 1 saturated heterocycles. The molecular formula is C19H21N3S. The summed E-state index contributed by atoms with van der Waals surface area (Å²) >= 11 is 1.81. The number of anilines is 2. The molecule has 0 N–H and O–H groups in total. The van der Waals surface area contributed by atoms with Crippen LogP contribution < -0.4 is 9.80 Å². The molecule has 0 amide bonds. The molecule has 2 aromatic carbocycles. The first kappa shape index (κ1) is 14.5. The molecule has 3 nitrogen and oxygen atoms in total. The lowest BCUT2D eigenvalue weighted by atomic mass is 10.0. The largest absolute Gasteiger partial charge is 0.371 e. The molecule has 0 aliphatic carbocycles. The van der Waals surface area contributed by atoms with E-state index in [0.29, 0.717) is 6.04 Å². The van der Waals surface area contributed by atoms with Crippen LogP contribution in [0.4, 0.5) is 10.8 Å². The first-order chi connectivity index (χ1) is 11.3. The lowest BCUT2D eigenvalue weighted by Crippen LogP contribution is -2.43. The Balaban J connectivity index is 1.44. The maximum atomic E-state index is 4.80. The molecule has 1 aliphatic heterocycles. The summed E-state index contributed by atoms with van der Waals surface area (Å²) in [6, 6.07) is 19.7. The van der Waals surface area contributed by atoms with Gasteiger partial charge in [-0.1, -0.05) is 41.7 Å². The number of nitrogens with zero attached hydrogens (tertiary/aromatic N) is 3. The number of hydrogen-bond donors (Lipinski definition) is 0. The summed E-state index contributed by atoms with van der Waals surface area (Å²) in [7, 11) is 2.22. The number of hydrogen-bond acceptors (Lipinski definition) is 4. The SMILES string of the molecule is CN(c1ccccc1)C1CCN(c2nc3ccccc3s2)CC1. The average molecular weight is 323 g/mol. The monoisotopic (exact) mass is 323 g/mol. The van der Waals surface area contributed by atoms with Crippen molar-refractivity contribution in [1.29, 1.82) is 0 Å². The van der Waals surface area contributed by atoms with Gasteiger partial charge >= 0.3 is 0 Å². The Bertz CT molecular complexity index is 742. The molecule has 0 radical (unpaired) electrons. The minimum absolute atomic E-state index is 0.614. The predicted octanol–water partition coefficient (Wildman–Crippen LogP) is 4.40. The molecule has 1 fully saturated rings. The Kier molecular flexibility index (Phi) is 3.92. The molecule has 0 spiro atoms. The third-order valence-corrected chi connectivity index (χ3v) is 5.83. The second kappa shape index (κ2) is 6.20. The number of para-hydroxylation sites is 2. The fourth-order valence-electron chi connectivity index (χ4n) is 3.31. The Morgan fingerprint density at radius 1 is 1.00 bits per heavy atom. The Morgan fingerprint density at radius 3 is 2.43 bits per heavy atom. The van der Waals surface area contributed by atoms with Gasteiger partial charge in [-0.15, -0.1) is 0 Å². The third-order valence-electron chi connectivity index (χ3n) is 4.73. The van der Waals surface area contributed by atoms with Gasteiger partial charge in [0.2, 0.25) is 0 Å². The zero-order valence-corrected chi connectivity index (χ0v) is 14.2. The van der Waals surface area contributed by atoms with Gasteiger partial charge in [-0.2, -0.15) is 0 Å². The van der Waals surface area contributed by atoms with E-state index in [2.05, 4.69) is 71.4 Å². The predicted molar refractivity (Wildman–Crippen MR) is 99.7 cm³/mol. The minimum atomic E-state index is 0.614. The summed E-state index contributed by atoms with van der Waals surface area (Å²) in [6.07, 6.45) is 2.36. The van der Waals surface area contributed by atoms with Crippen LogP contribution in [0, 0.1) is 0 Å². The Labute approximate surface area is 141 Å².